The lowest BCUT2D eigenvalue weighted by molar-refractivity contribution is -0.147. The molecule has 0 saturated carbocycles. The van der Waals surface area contributed by atoms with Crippen molar-refractivity contribution in [3.8, 4) is 0 Å². The highest BCUT2D eigenvalue weighted by molar-refractivity contribution is 6.22. The van der Waals surface area contributed by atoms with Crippen molar-refractivity contribution < 1.29 is 25.0 Å². The average Bonchev–Trinajstić information content (AvgIpc) is 3.15. The number of halogens is 1. The van der Waals surface area contributed by atoms with Gasteiger partial charge in [-0.1, -0.05) is 46.9 Å². The topological polar surface area (TPSA) is 138 Å². The second kappa shape index (κ2) is 9.73. The molecule has 0 saturated heterocycles. The summed E-state index contributed by atoms with van der Waals surface area (Å²) in [6.07, 6.45) is 13.4. The average molecular weight is 435 g/mol. The van der Waals surface area contributed by atoms with Crippen LogP contribution in [-0.2, 0) is 4.79 Å². The number of rotatable bonds is 8. The number of carboxylic acid groups (broad SMARTS) is 1. The Balaban J connectivity index is 1.65. The number of carboxylic acids is 1. The van der Waals surface area contributed by atoms with E-state index in [-0.39, 0.29) is 23.4 Å². The van der Waals surface area contributed by atoms with Crippen LogP contribution >= 0.6 is 11.6 Å². The van der Waals surface area contributed by atoms with Gasteiger partial charge in [0.05, 0.1) is 11.6 Å². The SMILES string of the molecule is O=C(N[C@H](CC1=CCC(C2=CC(Cl)CC=C2)C=C1)C[C@@H](O)C(=O)O)c1cn(O)nn1. The quantitative estimate of drug-likeness (QED) is 0.361. The van der Waals surface area contributed by atoms with E-state index in [1.807, 2.05) is 12.2 Å². The molecule has 0 bridgehead atoms. The third kappa shape index (κ3) is 5.80. The fraction of sp³-hybridized carbons (Fsp3) is 0.400. The highest BCUT2D eigenvalue weighted by Gasteiger charge is 2.25. The lowest BCUT2D eigenvalue weighted by Crippen LogP contribution is -2.39. The molecule has 2 unspecified atom stereocenters. The summed E-state index contributed by atoms with van der Waals surface area (Å²) >= 11 is 6.20. The van der Waals surface area contributed by atoms with Gasteiger partial charge in [-0.15, -0.1) is 16.7 Å². The first-order valence-electron chi connectivity index (χ1n) is 9.54. The molecule has 4 atom stereocenters. The van der Waals surface area contributed by atoms with Gasteiger partial charge in [0.2, 0.25) is 0 Å². The van der Waals surface area contributed by atoms with Crippen LogP contribution in [0.4, 0.5) is 0 Å². The first-order valence-corrected chi connectivity index (χ1v) is 9.98. The van der Waals surface area contributed by atoms with E-state index < -0.39 is 24.0 Å². The smallest absolute Gasteiger partial charge is 0.332 e. The first-order chi connectivity index (χ1) is 14.3. The van der Waals surface area contributed by atoms with Crippen LogP contribution in [0.3, 0.4) is 0 Å². The van der Waals surface area contributed by atoms with E-state index >= 15 is 0 Å². The third-order valence-electron chi connectivity index (χ3n) is 4.97. The Morgan fingerprint density at radius 3 is 2.73 bits per heavy atom. The maximum Gasteiger partial charge on any atom is 0.332 e. The van der Waals surface area contributed by atoms with Crippen molar-refractivity contribution in [2.75, 3.05) is 0 Å². The molecule has 4 N–H and O–H groups in total. The maximum atomic E-state index is 12.3. The summed E-state index contributed by atoms with van der Waals surface area (Å²) in [7, 11) is 0. The Kier molecular flexibility index (Phi) is 7.07. The molecule has 1 aromatic rings. The number of aliphatic hydroxyl groups excluding tert-OH is 1. The van der Waals surface area contributed by atoms with Crippen molar-refractivity contribution in [2.45, 2.75) is 43.2 Å². The molecule has 30 heavy (non-hydrogen) atoms. The molecular weight excluding hydrogens is 412 g/mol. The number of carbonyl (C=O) groups excluding carboxylic acids is 1. The molecule has 0 aromatic carbocycles. The standard InChI is InChI=1S/C20H23ClN4O5/c21-15-3-1-2-14(9-15)13-6-4-12(5-7-13)8-16(10-18(26)20(28)29)22-19(27)17-11-25(30)24-23-17/h1-2,4-6,9,11,13,15-16,18,26,30H,3,7-8,10H2,(H,22,27)(H,28,29)/t13?,15?,16-,18-/m1/s1. The third-order valence-corrected chi connectivity index (χ3v) is 5.28. The Bertz CT molecular complexity index is 920. The van der Waals surface area contributed by atoms with Crippen molar-refractivity contribution in [1.29, 1.82) is 0 Å². The minimum atomic E-state index is -1.62. The Morgan fingerprint density at radius 2 is 2.13 bits per heavy atom. The van der Waals surface area contributed by atoms with E-state index in [2.05, 4.69) is 39.9 Å². The number of amides is 1. The van der Waals surface area contributed by atoms with E-state index in [1.54, 1.807) is 0 Å². The molecule has 2 aliphatic carbocycles. The second-order valence-corrected chi connectivity index (χ2v) is 7.85. The number of aliphatic carboxylic acids is 1. The monoisotopic (exact) mass is 434 g/mol. The van der Waals surface area contributed by atoms with Crippen LogP contribution in [0.25, 0.3) is 0 Å². The summed E-state index contributed by atoms with van der Waals surface area (Å²) < 4.78 is 0. The van der Waals surface area contributed by atoms with E-state index in [9.17, 15) is 19.9 Å². The molecule has 1 aromatic heterocycles. The Labute approximate surface area is 178 Å². The Hall–Kier alpha value is -2.91. The highest BCUT2D eigenvalue weighted by Crippen LogP contribution is 2.30. The van der Waals surface area contributed by atoms with Crippen molar-refractivity contribution >= 4 is 23.5 Å². The molecule has 0 aliphatic heterocycles. The molecule has 9 nitrogen and oxygen atoms in total. The van der Waals surface area contributed by atoms with Crippen LogP contribution in [0, 0.1) is 5.92 Å². The van der Waals surface area contributed by atoms with Crippen LogP contribution < -0.4 is 5.32 Å². The van der Waals surface area contributed by atoms with Crippen LogP contribution in [0.5, 0.6) is 0 Å². The van der Waals surface area contributed by atoms with E-state index in [4.69, 9.17) is 16.7 Å². The highest BCUT2D eigenvalue weighted by atomic mass is 35.5. The number of carbonyl (C=O) groups is 2. The van der Waals surface area contributed by atoms with Crippen LogP contribution in [0.2, 0.25) is 0 Å². The molecule has 160 valence electrons. The number of aromatic nitrogens is 3. The summed E-state index contributed by atoms with van der Waals surface area (Å²) in [6, 6.07) is -0.652. The van der Waals surface area contributed by atoms with Gasteiger partial charge in [-0.2, -0.15) is 0 Å². The Morgan fingerprint density at radius 1 is 1.33 bits per heavy atom. The van der Waals surface area contributed by atoms with Gasteiger partial charge in [-0.3, -0.25) is 4.79 Å². The predicted octanol–water partition coefficient (Wildman–Crippen LogP) is 1.84. The van der Waals surface area contributed by atoms with Crippen molar-refractivity contribution in [3.05, 3.63) is 59.5 Å². The number of hydrogen-bond donors (Lipinski definition) is 4. The van der Waals surface area contributed by atoms with Crippen LogP contribution in [0.1, 0.15) is 36.2 Å². The van der Waals surface area contributed by atoms with Gasteiger partial charge in [-0.25, -0.2) is 4.79 Å². The van der Waals surface area contributed by atoms with Gasteiger partial charge >= 0.3 is 5.97 Å². The first kappa shape index (κ1) is 21.8. The van der Waals surface area contributed by atoms with Gasteiger partial charge in [0.1, 0.15) is 0 Å². The van der Waals surface area contributed by atoms with Gasteiger partial charge in [0.15, 0.2) is 11.8 Å². The molecule has 10 heteroatoms. The summed E-state index contributed by atoms with van der Waals surface area (Å²) in [6.45, 7) is 0. The van der Waals surface area contributed by atoms with Gasteiger partial charge in [0.25, 0.3) is 5.91 Å². The fourth-order valence-electron chi connectivity index (χ4n) is 3.44. The van der Waals surface area contributed by atoms with Crippen molar-refractivity contribution in [2.24, 2.45) is 5.92 Å². The van der Waals surface area contributed by atoms with Crippen molar-refractivity contribution in [1.82, 2.24) is 20.5 Å². The maximum absolute atomic E-state index is 12.3. The minimum absolute atomic E-state index is 0.00207. The van der Waals surface area contributed by atoms with E-state index in [1.165, 1.54) is 0 Å². The number of nitrogens with zero attached hydrogens (tertiary/aromatic N) is 3. The molecular formula is C20H23ClN4O5. The van der Waals surface area contributed by atoms with Crippen molar-refractivity contribution in [3.63, 3.8) is 0 Å². The minimum Gasteiger partial charge on any atom is -0.479 e. The van der Waals surface area contributed by atoms with Crippen LogP contribution in [0.15, 0.2) is 53.8 Å². The van der Waals surface area contributed by atoms with E-state index in [0.717, 1.165) is 30.2 Å². The largest absolute Gasteiger partial charge is 0.479 e. The molecule has 3 rings (SSSR count). The van der Waals surface area contributed by atoms with Crippen LogP contribution in [-0.4, -0.2) is 60.0 Å². The molecule has 2 aliphatic rings. The number of allylic oxidation sites excluding steroid dienone is 7. The van der Waals surface area contributed by atoms with Gasteiger partial charge in [0, 0.05) is 18.4 Å². The summed E-state index contributed by atoms with van der Waals surface area (Å²) in [5.41, 5.74) is 1.96. The molecule has 0 spiro atoms. The summed E-state index contributed by atoms with van der Waals surface area (Å²) in [5.74, 6) is -1.78. The predicted molar refractivity (Wildman–Crippen MR) is 108 cm³/mol. The zero-order chi connectivity index (χ0) is 21.7. The zero-order valence-corrected chi connectivity index (χ0v) is 16.8. The van der Waals surface area contributed by atoms with E-state index in [0.29, 0.717) is 11.3 Å². The normalized spacial score (nSPS) is 22.7. The zero-order valence-electron chi connectivity index (χ0n) is 16.1. The molecule has 1 amide bonds. The lowest BCUT2D eigenvalue weighted by Gasteiger charge is -2.24. The number of alkyl halides is 1. The summed E-state index contributed by atoms with van der Waals surface area (Å²) in [4.78, 5) is 23.8. The fourth-order valence-corrected chi connectivity index (χ4v) is 3.69. The molecule has 0 radical (unpaired) electrons. The second-order valence-electron chi connectivity index (χ2n) is 7.29. The molecule has 1 heterocycles. The number of hydrogen-bond acceptors (Lipinski definition) is 6. The molecule has 0 fully saturated rings. The van der Waals surface area contributed by atoms with Gasteiger partial charge < -0.3 is 20.7 Å². The number of aliphatic hydroxyl groups is 1. The number of nitrogens with one attached hydrogen (secondary N) is 1. The van der Waals surface area contributed by atoms with Gasteiger partial charge in [-0.05, 0) is 30.0 Å². The summed E-state index contributed by atoms with van der Waals surface area (Å²) in [5, 5.41) is 37.4. The lowest BCUT2D eigenvalue weighted by atomic mass is 9.85.